The fourth-order valence-electron chi connectivity index (χ4n) is 2.02. The van der Waals surface area contributed by atoms with E-state index in [2.05, 4.69) is 42.3 Å². The molecule has 106 valence electrons. The summed E-state index contributed by atoms with van der Waals surface area (Å²) in [5.41, 5.74) is 5.52. The first kappa shape index (κ1) is 15.6. The largest absolute Gasteiger partial charge is 0.271 e. The van der Waals surface area contributed by atoms with Crippen molar-refractivity contribution in [1.29, 1.82) is 0 Å². The summed E-state index contributed by atoms with van der Waals surface area (Å²) in [5, 5.41) is 0. The molecule has 3 nitrogen and oxygen atoms in total. The SMILES string of the molecule is Cc1cc(F)ccc1CC(NN)c1ncc(Br)cc1Br. The van der Waals surface area contributed by atoms with Gasteiger partial charge in [-0.05, 0) is 74.5 Å². The summed E-state index contributed by atoms with van der Waals surface area (Å²) in [7, 11) is 0. The van der Waals surface area contributed by atoms with Crippen molar-refractivity contribution in [3.05, 3.63) is 62.0 Å². The topological polar surface area (TPSA) is 50.9 Å². The second-order valence-corrected chi connectivity index (χ2v) is 6.28. The zero-order chi connectivity index (χ0) is 14.7. The zero-order valence-electron chi connectivity index (χ0n) is 10.8. The Balaban J connectivity index is 2.28. The molecule has 1 aromatic heterocycles. The second kappa shape index (κ2) is 6.76. The molecule has 0 fully saturated rings. The quantitative estimate of drug-likeness (QED) is 0.604. The van der Waals surface area contributed by atoms with E-state index in [1.165, 1.54) is 12.1 Å². The van der Waals surface area contributed by atoms with Crippen LogP contribution >= 0.6 is 31.9 Å². The molecule has 0 amide bonds. The average molecular weight is 403 g/mol. The number of pyridine rings is 1. The summed E-state index contributed by atoms with van der Waals surface area (Å²) >= 11 is 6.85. The smallest absolute Gasteiger partial charge is 0.123 e. The van der Waals surface area contributed by atoms with E-state index in [1.54, 1.807) is 12.3 Å². The Morgan fingerprint density at radius 1 is 1.35 bits per heavy atom. The maximum absolute atomic E-state index is 13.1. The van der Waals surface area contributed by atoms with Crippen molar-refractivity contribution in [2.75, 3.05) is 0 Å². The Morgan fingerprint density at radius 2 is 2.10 bits per heavy atom. The molecule has 20 heavy (non-hydrogen) atoms. The monoisotopic (exact) mass is 401 g/mol. The summed E-state index contributed by atoms with van der Waals surface area (Å²) < 4.78 is 14.9. The van der Waals surface area contributed by atoms with Gasteiger partial charge in [0, 0.05) is 15.1 Å². The standard InChI is InChI=1S/C14H14Br2FN3/c1-8-4-11(17)3-2-9(8)5-13(20-18)14-12(16)6-10(15)7-19-14/h2-4,6-7,13,20H,5,18H2,1H3. The Hall–Kier alpha value is -0.820. The summed E-state index contributed by atoms with van der Waals surface area (Å²) in [6, 6.07) is 6.53. The highest BCUT2D eigenvalue weighted by atomic mass is 79.9. The van der Waals surface area contributed by atoms with Gasteiger partial charge in [0.15, 0.2) is 0 Å². The maximum Gasteiger partial charge on any atom is 0.123 e. The molecule has 0 aliphatic carbocycles. The third kappa shape index (κ3) is 3.63. The maximum atomic E-state index is 13.1. The number of hydrazine groups is 1. The number of nitrogens with two attached hydrogens (primary N) is 1. The van der Waals surface area contributed by atoms with E-state index >= 15 is 0 Å². The molecule has 1 aromatic carbocycles. The lowest BCUT2D eigenvalue weighted by atomic mass is 9.99. The zero-order valence-corrected chi connectivity index (χ0v) is 14.0. The van der Waals surface area contributed by atoms with E-state index in [-0.39, 0.29) is 11.9 Å². The van der Waals surface area contributed by atoms with Crippen LogP contribution in [0, 0.1) is 12.7 Å². The van der Waals surface area contributed by atoms with Gasteiger partial charge >= 0.3 is 0 Å². The van der Waals surface area contributed by atoms with Gasteiger partial charge < -0.3 is 0 Å². The fraction of sp³-hybridized carbons (Fsp3) is 0.214. The molecular formula is C14H14Br2FN3. The predicted octanol–water partition coefficient (Wildman–Crippen LogP) is 3.80. The van der Waals surface area contributed by atoms with Crippen LogP contribution in [0.3, 0.4) is 0 Å². The van der Waals surface area contributed by atoms with Gasteiger partial charge in [-0.25, -0.2) is 4.39 Å². The molecule has 0 aliphatic heterocycles. The van der Waals surface area contributed by atoms with Crippen molar-refractivity contribution in [3.63, 3.8) is 0 Å². The number of hydrogen-bond donors (Lipinski definition) is 2. The van der Waals surface area contributed by atoms with Gasteiger partial charge in [-0.15, -0.1) is 0 Å². The van der Waals surface area contributed by atoms with Crippen molar-refractivity contribution >= 4 is 31.9 Å². The first-order valence-corrected chi connectivity index (χ1v) is 7.62. The molecule has 1 atom stereocenters. The van der Waals surface area contributed by atoms with Crippen LogP contribution in [0.2, 0.25) is 0 Å². The van der Waals surface area contributed by atoms with E-state index in [4.69, 9.17) is 5.84 Å². The number of benzene rings is 1. The van der Waals surface area contributed by atoms with Crippen LogP contribution in [0.25, 0.3) is 0 Å². The first-order valence-electron chi connectivity index (χ1n) is 6.03. The van der Waals surface area contributed by atoms with Crippen LogP contribution in [-0.4, -0.2) is 4.98 Å². The molecule has 2 aromatic rings. The van der Waals surface area contributed by atoms with Gasteiger partial charge in [-0.2, -0.15) is 0 Å². The number of aromatic nitrogens is 1. The van der Waals surface area contributed by atoms with Crippen molar-refractivity contribution in [3.8, 4) is 0 Å². The third-order valence-electron chi connectivity index (χ3n) is 3.10. The number of halogens is 3. The van der Waals surface area contributed by atoms with Crippen LogP contribution in [0.4, 0.5) is 4.39 Å². The lowest BCUT2D eigenvalue weighted by Gasteiger charge is -2.18. The Kier molecular flexibility index (Phi) is 5.26. The molecule has 0 aliphatic rings. The van der Waals surface area contributed by atoms with Gasteiger partial charge in [0.25, 0.3) is 0 Å². The molecule has 0 spiro atoms. The van der Waals surface area contributed by atoms with E-state index in [0.29, 0.717) is 6.42 Å². The van der Waals surface area contributed by atoms with Crippen molar-refractivity contribution < 1.29 is 4.39 Å². The molecule has 2 rings (SSSR count). The highest BCUT2D eigenvalue weighted by molar-refractivity contribution is 9.11. The lowest BCUT2D eigenvalue weighted by Crippen LogP contribution is -2.30. The van der Waals surface area contributed by atoms with Gasteiger partial charge in [0.2, 0.25) is 0 Å². The van der Waals surface area contributed by atoms with E-state index in [1.807, 2.05) is 13.0 Å². The van der Waals surface area contributed by atoms with Crippen molar-refractivity contribution in [1.82, 2.24) is 10.4 Å². The highest BCUT2D eigenvalue weighted by Gasteiger charge is 2.16. The lowest BCUT2D eigenvalue weighted by molar-refractivity contribution is 0.534. The number of nitrogens with one attached hydrogen (secondary N) is 1. The van der Waals surface area contributed by atoms with Crippen molar-refractivity contribution in [2.45, 2.75) is 19.4 Å². The van der Waals surface area contributed by atoms with Crippen molar-refractivity contribution in [2.24, 2.45) is 5.84 Å². The molecule has 1 heterocycles. The average Bonchev–Trinajstić information content (AvgIpc) is 2.39. The molecule has 3 N–H and O–H groups in total. The van der Waals surface area contributed by atoms with Gasteiger partial charge in [-0.1, -0.05) is 6.07 Å². The molecule has 0 bridgehead atoms. The minimum Gasteiger partial charge on any atom is -0.271 e. The number of aryl methyl sites for hydroxylation is 1. The first-order chi connectivity index (χ1) is 9.51. The van der Waals surface area contributed by atoms with Gasteiger partial charge in [0.1, 0.15) is 5.82 Å². The molecule has 1 unspecified atom stereocenters. The molecule has 0 saturated heterocycles. The van der Waals surface area contributed by atoms with Crippen LogP contribution in [0.5, 0.6) is 0 Å². The van der Waals surface area contributed by atoms with Crippen LogP contribution in [0.1, 0.15) is 22.9 Å². The van der Waals surface area contributed by atoms with Gasteiger partial charge in [-0.3, -0.25) is 16.3 Å². The second-order valence-electron chi connectivity index (χ2n) is 4.51. The molecule has 0 radical (unpaired) electrons. The Morgan fingerprint density at radius 3 is 2.70 bits per heavy atom. The highest BCUT2D eigenvalue weighted by Crippen LogP contribution is 2.27. The number of hydrogen-bond acceptors (Lipinski definition) is 3. The Labute approximate surface area is 134 Å². The normalized spacial score (nSPS) is 12.4. The van der Waals surface area contributed by atoms with E-state index in [9.17, 15) is 4.39 Å². The molecule has 6 heteroatoms. The molecular weight excluding hydrogens is 389 g/mol. The third-order valence-corrected chi connectivity index (χ3v) is 4.17. The molecule has 0 saturated carbocycles. The van der Waals surface area contributed by atoms with E-state index < -0.39 is 0 Å². The summed E-state index contributed by atoms with van der Waals surface area (Å²) in [4.78, 5) is 4.38. The minimum absolute atomic E-state index is 0.151. The number of rotatable bonds is 4. The predicted molar refractivity (Wildman–Crippen MR) is 84.5 cm³/mol. The number of nitrogens with zero attached hydrogens (tertiary/aromatic N) is 1. The minimum atomic E-state index is -0.230. The fourth-order valence-corrected chi connectivity index (χ4v) is 3.29. The van der Waals surface area contributed by atoms with Crippen LogP contribution in [-0.2, 0) is 6.42 Å². The van der Waals surface area contributed by atoms with Crippen LogP contribution in [0.15, 0.2) is 39.4 Å². The van der Waals surface area contributed by atoms with Gasteiger partial charge in [0.05, 0.1) is 11.7 Å². The van der Waals surface area contributed by atoms with E-state index in [0.717, 1.165) is 25.8 Å². The summed E-state index contributed by atoms with van der Waals surface area (Å²) in [5.74, 6) is 5.41. The Bertz CT molecular complexity index is 619. The summed E-state index contributed by atoms with van der Waals surface area (Å²) in [6.07, 6.45) is 2.36. The van der Waals surface area contributed by atoms with Crippen LogP contribution < -0.4 is 11.3 Å². The summed E-state index contributed by atoms with van der Waals surface area (Å²) in [6.45, 7) is 1.88.